The molecule has 2 aromatic rings. The highest BCUT2D eigenvalue weighted by Gasteiger charge is 2.71. The Hall–Kier alpha value is -2.24. The molecule has 4 saturated carbocycles. The SMILES string of the molecule is O=C(COc1ccc(C2CC2)cc1)NC12CC(N3CCC(Oc4ccc(Cl)cc4)C3)(C1)C2. The van der Waals surface area contributed by atoms with Gasteiger partial charge in [0.2, 0.25) is 0 Å². The van der Waals surface area contributed by atoms with Gasteiger partial charge < -0.3 is 14.8 Å². The van der Waals surface area contributed by atoms with Gasteiger partial charge in [-0.05, 0) is 86.4 Å². The third-order valence-electron chi connectivity index (χ3n) is 7.64. The molecular formula is C26H29ClN2O3. The number of nitrogens with zero attached hydrogens (tertiary/aromatic N) is 1. The van der Waals surface area contributed by atoms with Gasteiger partial charge in [0.15, 0.2) is 6.61 Å². The average Bonchev–Trinajstić information content (AvgIpc) is 3.49. The maximum Gasteiger partial charge on any atom is 0.258 e. The first kappa shape index (κ1) is 20.4. The summed E-state index contributed by atoms with van der Waals surface area (Å²) in [6.45, 7) is 2.09. The Morgan fingerprint density at radius 1 is 1.00 bits per heavy atom. The van der Waals surface area contributed by atoms with Crippen LogP contribution in [0.5, 0.6) is 11.5 Å². The van der Waals surface area contributed by atoms with E-state index in [4.69, 9.17) is 21.1 Å². The quantitative estimate of drug-likeness (QED) is 0.638. The van der Waals surface area contributed by atoms with Gasteiger partial charge in [0.05, 0.1) is 0 Å². The third-order valence-corrected chi connectivity index (χ3v) is 7.89. The number of benzene rings is 2. The van der Waals surface area contributed by atoms with Gasteiger partial charge >= 0.3 is 0 Å². The number of amides is 1. The molecule has 168 valence electrons. The number of hydrogen-bond donors (Lipinski definition) is 1. The maximum absolute atomic E-state index is 12.5. The number of rotatable bonds is 8. The Balaban J connectivity index is 0.943. The largest absolute Gasteiger partial charge is 0.489 e. The van der Waals surface area contributed by atoms with E-state index in [1.807, 2.05) is 36.4 Å². The molecule has 1 unspecified atom stereocenters. The molecule has 4 aliphatic carbocycles. The second-order valence-electron chi connectivity index (χ2n) is 10.1. The summed E-state index contributed by atoms with van der Waals surface area (Å²) in [7, 11) is 0. The van der Waals surface area contributed by atoms with Crippen LogP contribution in [0.3, 0.4) is 0 Å². The predicted octanol–water partition coefficient (Wildman–Crippen LogP) is 4.54. The van der Waals surface area contributed by atoms with Gasteiger partial charge in [-0.15, -0.1) is 0 Å². The molecule has 0 radical (unpaired) electrons. The van der Waals surface area contributed by atoms with Crippen LogP contribution in [0.2, 0.25) is 5.02 Å². The number of hydrogen-bond acceptors (Lipinski definition) is 4. The van der Waals surface area contributed by atoms with Gasteiger partial charge in [-0.2, -0.15) is 0 Å². The molecule has 2 aromatic carbocycles. The van der Waals surface area contributed by atoms with Crippen LogP contribution in [-0.4, -0.2) is 47.7 Å². The van der Waals surface area contributed by atoms with Crippen LogP contribution in [0.15, 0.2) is 48.5 Å². The Labute approximate surface area is 194 Å². The summed E-state index contributed by atoms with van der Waals surface area (Å²) in [6, 6.07) is 15.8. The van der Waals surface area contributed by atoms with Crippen molar-refractivity contribution >= 4 is 17.5 Å². The van der Waals surface area contributed by atoms with Crippen LogP contribution in [0.4, 0.5) is 0 Å². The number of nitrogens with one attached hydrogen (secondary N) is 1. The summed E-state index contributed by atoms with van der Waals surface area (Å²) >= 11 is 5.96. The number of likely N-dealkylation sites (tertiary alicyclic amines) is 1. The standard InChI is InChI=1S/C26H29ClN2O3/c27-20-5-9-22(10-6-20)32-23-11-12-29(13-23)26-15-25(16-26,17-26)28-24(30)14-31-21-7-3-19(4-8-21)18-1-2-18/h3-10,18,23H,1-2,11-17H2,(H,28,30). The minimum absolute atomic E-state index is 0.0186. The molecule has 2 bridgehead atoms. The van der Waals surface area contributed by atoms with E-state index in [0.717, 1.165) is 61.2 Å². The maximum atomic E-state index is 12.5. The molecule has 32 heavy (non-hydrogen) atoms. The molecule has 1 heterocycles. The van der Waals surface area contributed by atoms with Crippen LogP contribution in [0.25, 0.3) is 0 Å². The van der Waals surface area contributed by atoms with Gasteiger partial charge in [0.1, 0.15) is 17.6 Å². The molecule has 6 heteroatoms. The molecular weight excluding hydrogens is 424 g/mol. The summed E-state index contributed by atoms with van der Waals surface area (Å²) in [5.41, 5.74) is 1.61. The predicted molar refractivity (Wildman–Crippen MR) is 123 cm³/mol. The van der Waals surface area contributed by atoms with E-state index >= 15 is 0 Å². The van der Waals surface area contributed by atoms with Crippen LogP contribution in [0, 0.1) is 0 Å². The highest BCUT2D eigenvalue weighted by Crippen LogP contribution is 2.64. The Kier molecular flexibility index (Phi) is 4.88. The minimum Gasteiger partial charge on any atom is -0.489 e. The number of ether oxygens (including phenoxy) is 2. The van der Waals surface area contributed by atoms with Crippen molar-refractivity contribution in [1.82, 2.24) is 10.2 Å². The summed E-state index contributed by atoms with van der Waals surface area (Å²) in [5.74, 6) is 2.36. The van der Waals surface area contributed by atoms with Crippen molar-refractivity contribution in [3.8, 4) is 11.5 Å². The number of carbonyl (C=O) groups is 1. The number of halogens is 1. The van der Waals surface area contributed by atoms with Gasteiger partial charge in [0, 0.05) is 29.2 Å². The zero-order chi connectivity index (χ0) is 21.8. The van der Waals surface area contributed by atoms with Crippen molar-refractivity contribution < 1.29 is 14.3 Å². The molecule has 5 aliphatic rings. The molecule has 5 fully saturated rings. The first-order chi connectivity index (χ1) is 15.5. The normalized spacial score (nSPS) is 30.8. The lowest BCUT2D eigenvalue weighted by molar-refractivity contribution is -0.179. The van der Waals surface area contributed by atoms with E-state index in [-0.39, 0.29) is 29.7 Å². The van der Waals surface area contributed by atoms with E-state index in [1.54, 1.807) is 0 Å². The Morgan fingerprint density at radius 3 is 2.38 bits per heavy atom. The zero-order valence-electron chi connectivity index (χ0n) is 18.2. The highest BCUT2D eigenvalue weighted by molar-refractivity contribution is 6.30. The van der Waals surface area contributed by atoms with Crippen LogP contribution in [0.1, 0.15) is 50.0 Å². The van der Waals surface area contributed by atoms with Crippen LogP contribution in [-0.2, 0) is 4.79 Å². The summed E-state index contributed by atoms with van der Waals surface area (Å²) in [5, 5.41) is 3.96. The monoisotopic (exact) mass is 452 g/mol. The molecule has 1 N–H and O–H groups in total. The first-order valence-corrected chi connectivity index (χ1v) is 12.1. The van der Waals surface area contributed by atoms with Crippen molar-refractivity contribution in [3.63, 3.8) is 0 Å². The summed E-state index contributed by atoms with van der Waals surface area (Å²) in [4.78, 5) is 15.0. The van der Waals surface area contributed by atoms with Crippen molar-refractivity contribution in [2.45, 2.75) is 61.6 Å². The third kappa shape index (κ3) is 3.86. The van der Waals surface area contributed by atoms with E-state index < -0.39 is 0 Å². The molecule has 0 spiro atoms. The fourth-order valence-corrected chi connectivity index (χ4v) is 6.02. The van der Waals surface area contributed by atoms with Crippen LogP contribution < -0.4 is 14.8 Å². The van der Waals surface area contributed by atoms with Crippen molar-refractivity contribution in [1.29, 1.82) is 0 Å². The van der Waals surface area contributed by atoms with Crippen LogP contribution >= 0.6 is 11.6 Å². The van der Waals surface area contributed by atoms with E-state index in [0.29, 0.717) is 0 Å². The lowest BCUT2D eigenvalue weighted by Crippen LogP contribution is -2.83. The fourth-order valence-electron chi connectivity index (χ4n) is 5.90. The van der Waals surface area contributed by atoms with Crippen molar-refractivity contribution in [2.24, 2.45) is 0 Å². The van der Waals surface area contributed by atoms with Gasteiger partial charge in [-0.3, -0.25) is 9.69 Å². The topological polar surface area (TPSA) is 50.8 Å². The summed E-state index contributed by atoms with van der Waals surface area (Å²) < 4.78 is 11.9. The molecule has 1 aliphatic heterocycles. The van der Waals surface area contributed by atoms with Gasteiger partial charge in [-0.1, -0.05) is 23.7 Å². The molecule has 1 atom stereocenters. The van der Waals surface area contributed by atoms with E-state index in [1.165, 1.54) is 18.4 Å². The van der Waals surface area contributed by atoms with E-state index in [9.17, 15) is 4.79 Å². The van der Waals surface area contributed by atoms with Crippen molar-refractivity contribution in [3.05, 3.63) is 59.1 Å². The molecule has 0 aromatic heterocycles. The second kappa shape index (κ2) is 7.67. The van der Waals surface area contributed by atoms with Crippen molar-refractivity contribution in [2.75, 3.05) is 19.7 Å². The Morgan fingerprint density at radius 2 is 1.69 bits per heavy atom. The average molecular weight is 453 g/mol. The highest BCUT2D eigenvalue weighted by atomic mass is 35.5. The second-order valence-corrected chi connectivity index (χ2v) is 10.6. The number of carbonyl (C=O) groups excluding carboxylic acids is 1. The van der Waals surface area contributed by atoms with Gasteiger partial charge in [0.25, 0.3) is 5.91 Å². The minimum atomic E-state index is -0.0224. The smallest absolute Gasteiger partial charge is 0.258 e. The molecule has 1 saturated heterocycles. The lowest BCUT2D eigenvalue weighted by atomic mass is 9.43. The van der Waals surface area contributed by atoms with Gasteiger partial charge in [-0.25, -0.2) is 0 Å². The zero-order valence-corrected chi connectivity index (χ0v) is 18.9. The molecule has 5 nitrogen and oxygen atoms in total. The lowest BCUT2D eigenvalue weighted by Gasteiger charge is -2.73. The summed E-state index contributed by atoms with van der Waals surface area (Å²) in [6.07, 6.45) is 6.95. The fraction of sp³-hybridized carbons (Fsp3) is 0.500. The molecule has 7 rings (SSSR count). The molecule has 1 amide bonds. The Bertz CT molecular complexity index is 983. The van der Waals surface area contributed by atoms with E-state index in [2.05, 4.69) is 22.3 Å². The first-order valence-electron chi connectivity index (χ1n) is 11.7.